The molecule has 0 amide bonds. The van der Waals surface area contributed by atoms with E-state index < -0.39 is 0 Å². The third kappa shape index (κ3) is 2.86. The summed E-state index contributed by atoms with van der Waals surface area (Å²) in [6.07, 6.45) is 2.73. The number of thiazole rings is 1. The minimum atomic E-state index is 0.0218. The number of nitrogens with two attached hydrogens (primary N) is 1. The summed E-state index contributed by atoms with van der Waals surface area (Å²) in [4.78, 5) is 5.31. The Hall–Kier alpha value is -1.23. The first kappa shape index (κ1) is 12.8. The van der Waals surface area contributed by atoms with Crippen LogP contribution in [0.3, 0.4) is 0 Å². The van der Waals surface area contributed by atoms with Crippen molar-refractivity contribution in [2.45, 2.75) is 12.5 Å². The summed E-state index contributed by atoms with van der Waals surface area (Å²) in [6, 6.07) is 12.7. The maximum atomic E-state index is 6.28. The van der Waals surface area contributed by atoms with Crippen LogP contribution in [-0.4, -0.2) is 4.98 Å². The molecule has 0 fully saturated rings. The Morgan fingerprint density at radius 2 is 1.95 bits per heavy atom. The molecule has 0 saturated carbocycles. The van der Waals surface area contributed by atoms with Gasteiger partial charge in [0.15, 0.2) is 0 Å². The minimum Gasteiger partial charge on any atom is -0.324 e. The fraction of sp³-hybridized carbons (Fsp3) is 0.133. The van der Waals surface area contributed by atoms with Gasteiger partial charge < -0.3 is 5.73 Å². The molecule has 2 N–H and O–H groups in total. The van der Waals surface area contributed by atoms with Gasteiger partial charge in [-0.2, -0.15) is 0 Å². The Kier molecular flexibility index (Phi) is 3.64. The Labute approximate surface area is 124 Å². The van der Waals surface area contributed by atoms with E-state index in [9.17, 15) is 0 Å². The number of benzene rings is 2. The summed E-state index contributed by atoms with van der Waals surface area (Å²) in [5.41, 5.74) is 9.29. The molecule has 96 valence electrons. The molecule has 4 heteroatoms. The molecule has 3 aromatic rings. The molecule has 0 aliphatic rings. The van der Waals surface area contributed by atoms with Crippen LogP contribution in [0.1, 0.15) is 16.5 Å². The standard InChI is InChI=1S/C15H13BrN2S/c16-13-4-3-10-5-12(2-1-11(10)6-13)15(17)7-14-8-18-9-19-14/h1-6,8-9,15H,7,17H2. The number of aromatic nitrogens is 1. The van der Waals surface area contributed by atoms with Crippen LogP contribution in [0.4, 0.5) is 0 Å². The van der Waals surface area contributed by atoms with E-state index in [4.69, 9.17) is 5.73 Å². The van der Waals surface area contributed by atoms with E-state index >= 15 is 0 Å². The zero-order valence-corrected chi connectivity index (χ0v) is 12.6. The van der Waals surface area contributed by atoms with Crippen LogP contribution < -0.4 is 5.73 Å². The lowest BCUT2D eigenvalue weighted by Gasteiger charge is -2.11. The number of hydrogen-bond acceptors (Lipinski definition) is 3. The van der Waals surface area contributed by atoms with Crippen molar-refractivity contribution in [3.8, 4) is 0 Å². The smallest absolute Gasteiger partial charge is 0.0794 e. The molecule has 1 unspecified atom stereocenters. The number of halogens is 1. The number of rotatable bonds is 3. The first-order valence-corrected chi connectivity index (χ1v) is 7.72. The normalized spacial score (nSPS) is 12.7. The number of hydrogen-bond donors (Lipinski definition) is 1. The van der Waals surface area contributed by atoms with Gasteiger partial charge in [0.2, 0.25) is 0 Å². The van der Waals surface area contributed by atoms with Crippen LogP contribution in [0.25, 0.3) is 10.8 Å². The minimum absolute atomic E-state index is 0.0218. The van der Waals surface area contributed by atoms with E-state index in [0.717, 1.165) is 10.9 Å². The maximum absolute atomic E-state index is 6.28. The Balaban J connectivity index is 1.90. The Bertz CT molecular complexity index is 694. The van der Waals surface area contributed by atoms with E-state index in [2.05, 4.69) is 57.3 Å². The second-order valence-electron chi connectivity index (χ2n) is 4.53. The van der Waals surface area contributed by atoms with Gasteiger partial charge in [-0.25, -0.2) is 0 Å². The zero-order valence-electron chi connectivity index (χ0n) is 10.2. The molecule has 3 rings (SSSR count). The second-order valence-corrected chi connectivity index (χ2v) is 6.42. The molecule has 1 atom stereocenters. The van der Waals surface area contributed by atoms with Crippen molar-refractivity contribution in [3.63, 3.8) is 0 Å². The third-order valence-electron chi connectivity index (χ3n) is 3.16. The van der Waals surface area contributed by atoms with Crippen LogP contribution in [0.5, 0.6) is 0 Å². The summed E-state index contributed by atoms with van der Waals surface area (Å²) < 4.78 is 1.10. The molecule has 19 heavy (non-hydrogen) atoms. The van der Waals surface area contributed by atoms with Gasteiger partial charge in [-0.1, -0.05) is 34.1 Å². The molecule has 1 aromatic heterocycles. The lowest BCUT2D eigenvalue weighted by molar-refractivity contribution is 0.730. The van der Waals surface area contributed by atoms with Crippen molar-refractivity contribution >= 4 is 38.0 Å². The van der Waals surface area contributed by atoms with Crippen molar-refractivity contribution in [2.75, 3.05) is 0 Å². The van der Waals surface area contributed by atoms with Gasteiger partial charge in [-0.05, 0) is 34.5 Å². The molecule has 0 aliphatic carbocycles. The van der Waals surface area contributed by atoms with Crippen LogP contribution in [0, 0.1) is 0 Å². The van der Waals surface area contributed by atoms with Gasteiger partial charge in [0.05, 0.1) is 5.51 Å². The van der Waals surface area contributed by atoms with Gasteiger partial charge in [0.25, 0.3) is 0 Å². The van der Waals surface area contributed by atoms with Crippen LogP contribution >= 0.6 is 27.3 Å². The van der Waals surface area contributed by atoms with Gasteiger partial charge in [0.1, 0.15) is 0 Å². The summed E-state index contributed by atoms with van der Waals surface area (Å²) in [5.74, 6) is 0. The molecule has 2 aromatic carbocycles. The van der Waals surface area contributed by atoms with Gasteiger partial charge in [0, 0.05) is 28.0 Å². The molecule has 0 radical (unpaired) electrons. The van der Waals surface area contributed by atoms with Gasteiger partial charge in [-0.15, -0.1) is 11.3 Å². The molecule has 0 aliphatic heterocycles. The fourth-order valence-corrected chi connectivity index (χ4v) is 3.18. The van der Waals surface area contributed by atoms with E-state index in [1.807, 2.05) is 11.7 Å². The second kappa shape index (κ2) is 5.41. The topological polar surface area (TPSA) is 38.9 Å². The lowest BCUT2D eigenvalue weighted by atomic mass is 10.00. The monoisotopic (exact) mass is 332 g/mol. The first-order valence-electron chi connectivity index (χ1n) is 6.04. The van der Waals surface area contributed by atoms with Crippen LogP contribution in [0.2, 0.25) is 0 Å². The highest BCUT2D eigenvalue weighted by molar-refractivity contribution is 9.10. The highest BCUT2D eigenvalue weighted by Crippen LogP contribution is 2.25. The average molecular weight is 333 g/mol. The van der Waals surface area contributed by atoms with Crippen molar-refractivity contribution in [3.05, 3.63) is 63.0 Å². The zero-order chi connectivity index (χ0) is 13.2. The van der Waals surface area contributed by atoms with Crippen molar-refractivity contribution in [2.24, 2.45) is 5.73 Å². The third-order valence-corrected chi connectivity index (χ3v) is 4.45. The molecule has 1 heterocycles. The van der Waals surface area contributed by atoms with Crippen LogP contribution in [0.15, 0.2) is 52.6 Å². The Morgan fingerprint density at radius 3 is 2.74 bits per heavy atom. The van der Waals surface area contributed by atoms with E-state index in [1.54, 1.807) is 11.3 Å². The molecule has 2 nitrogen and oxygen atoms in total. The first-order chi connectivity index (χ1) is 9.22. The van der Waals surface area contributed by atoms with Crippen molar-refractivity contribution < 1.29 is 0 Å². The SMILES string of the molecule is NC(Cc1cncs1)c1ccc2cc(Br)ccc2c1. The van der Waals surface area contributed by atoms with Crippen molar-refractivity contribution in [1.82, 2.24) is 4.98 Å². The van der Waals surface area contributed by atoms with E-state index in [1.165, 1.54) is 21.2 Å². The lowest BCUT2D eigenvalue weighted by Crippen LogP contribution is -2.12. The van der Waals surface area contributed by atoms with Crippen molar-refractivity contribution in [1.29, 1.82) is 0 Å². The number of nitrogens with zero attached hydrogens (tertiary/aromatic N) is 1. The highest BCUT2D eigenvalue weighted by Gasteiger charge is 2.09. The molecular formula is C15H13BrN2S. The summed E-state index contributed by atoms with van der Waals surface area (Å²) in [5, 5.41) is 2.45. The average Bonchev–Trinajstić information content (AvgIpc) is 2.91. The van der Waals surface area contributed by atoms with Crippen LogP contribution in [-0.2, 0) is 6.42 Å². The predicted molar refractivity (Wildman–Crippen MR) is 84.4 cm³/mol. The molecular weight excluding hydrogens is 320 g/mol. The summed E-state index contributed by atoms with van der Waals surface area (Å²) in [6.45, 7) is 0. The van der Waals surface area contributed by atoms with Gasteiger partial charge >= 0.3 is 0 Å². The fourth-order valence-electron chi connectivity index (χ4n) is 2.14. The predicted octanol–water partition coefficient (Wildman–Crippen LogP) is 4.30. The molecule has 0 bridgehead atoms. The van der Waals surface area contributed by atoms with Gasteiger partial charge in [-0.3, -0.25) is 4.98 Å². The Morgan fingerprint density at radius 1 is 1.16 bits per heavy atom. The summed E-state index contributed by atoms with van der Waals surface area (Å²) in [7, 11) is 0. The molecule has 0 spiro atoms. The number of fused-ring (bicyclic) bond motifs is 1. The van der Waals surface area contributed by atoms with E-state index in [-0.39, 0.29) is 6.04 Å². The molecule has 0 saturated heterocycles. The highest BCUT2D eigenvalue weighted by atomic mass is 79.9. The maximum Gasteiger partial charge on any atom is 0.0794 e. The largest absolute Gasteiger partial charge is 0.324 e. The summed E-state index contributed by atoms with van der Waals surface area (Å²) >= 11 is 5.14. The quantitative estimate of drug-likeness (QED) is 0.776. The van der Waals surface area contributed by atoms with E-state index in [0.29, 0.717) is 0 Å².